The van der Waals surface area contributed by atoms with Gasteiger partial charge in [0.1, 0.15) is 23.1 Å². The SMILES string of the molecule is Cc1csc(-c2cn(CC(=O)NCc3ccc(F)cc3)cn2)n1. The number of rotatable bonds is 5. The molecule has 118 valence electrons. The van der Waals surface area contributed by atoms with Gasteiger partial charge in [-0.25, -0.2) is 14.4 Å². The molecule has 0 fully saturated rings. The quantitative estimate of drug-likeness (QED) is 0.782. The molecule has 5 nitrogen and oxygen atoms in total. The van der Waals surface area contributed by atoms with Gasteiger partial charge in [0.25, 0.3) is 0 Å². The van der Waals surface area contributed by atoms with Crippen LogP contribution < -0.4 is 5.32 Å². The molecule has 0 aliphatic rings. The van der Waals surface area contributed by atoms with Crippen LogP contribution in [0.2, 0.25) is 0 Å². The summed E-state index contributed by atoms with van der Waals surface area (Å²) >= 11 is 1.53. The maximum Gasteiger partial charge on any atom is 0.240 e. The predicted molar refractivity (Wildman–Crippen MR) is 86.3 cm³/mol. The minimum Gasteiger partial charge on any atom is -0.350 e. The zero-order valence-corrected chi connectivity index (χ0v) is 13.3. The Morgan fingerprint density at radius 1 is 1.35 bits per heavy atom. The van der Waals surface area contributed by atoms with Crippen molar-refractivity contribution < 1.29 is 9.18 Å². The van der Waals surface area contributed by atoms with Crippen LogP contribution in [0.15, 0.2) is 42.2 Å². The standard InChI is InChI=1S/C16H15FN4OS/c1-11-9-23-16(20-11)14-7-21(10-19-14)8-15(22)18-6-12-2-4-13(17)5-3-12/h2-5,7,9-10H,6,8H2,1H3,(H,18,22). The summed E-state index contributed by atoms with van der Waals surface area (Å²) in [5, 5.41) is 5.60. The molecule has 0 aliphatic heterocycles. The largest absolute Gasteiger partial charge is 0.350 e. The third-order valence-electron chi connectivity index (χ3n) is 3.20. The number of aromatic nitrogens is 3. The molecule has 1 aromatic carbocycles. The summed E-state index contributed by atoms with van der Waals surface area (Å²) in [6.45, 7) is 2.48. The average Bonchev–Trinajstić information content (AvgIpc) is 3.16. The molecule has 0 aliphatic carbocycles. The predicted octanol–water partition coefficient (Wildman–Crippen LogP) is 2.77. The molecule has 0 saturated carbocycles. The molecule has 0 radical (unpaired) electrons. The van der Waals surface area contributed by atoms with Crippen molar-refractivity contribution in [3.05, 3.63) is 59.2 Å². The molecule has 7 heteroatoms. The molecule has 0 bridgehead atoms. The van der Waals surface area contributed by atoms with Crippen molar-refractivity contribution in [2.45, 2.75) is 20.0 Å². The van der Waals surface area contributed by atoms with Crippen molar-refractivity contribution in [2.75, 3.05) is 0 Å². The van der Waals surface area contributed by atoms with E-state index in [1.165, 1.54) is 23.5 Å². The fourth-order valence-electron chi connectivity index (χ4n) is 2.05. The van der Waals surface area contributed by atoms with Crippen LogP contribution in [0.5, 0.6) is 0 Å². The number of carbonyl (C=O) groups excluding carboxylic acids is 1. The molecule has 0 saturated heterocycles. The van der Waals surface area contributed by atoms with E-state index in [0.29, 0.717) is 6.54 Å². The number of carbonyl (C=O) groups is 1. The molecule has 23 heavy (non-hydrogen) atoms. The van der Waals surface area contributed by atoms with E-state index in [1.54, 1.807) is 29.2 Å². The van der Waals surface area contributed by atoms with E-state index in [0.717, 1.165) is 22.0 Å². The zero-order chi connectivity index (χ0) is 16.2. The highest BCUT2D eigenvalue weighted by atomic mass is 32.1. The van der Waals surface area contributed by atoms with Crippen molar-refractivity contribution in [1.82, 2.24) is 19.9 Å². The van der Waals surface area contributed by atoms with E-state index in [1.807, 2.05) is 12.3 Å². The smallest absolute Gasteiger partial charge is 0.240 e. The fourth-order valence-corrected chi connectivity index (χ4v) is 2.81. The maximum absolute atomic E-state index is 12.8. The number of imidazole rings is 1. The summed E-state index contributed by atoms with van der Waals surface area (Å²) in [6, 6.07) is 6.05. The van der Waals surface area contributed by atoms with Gasteiger partial charge in [0, 0.05) is 23.8 Å². The number of thiazole rings is 1. The summed E-state index contributed by atoms with van der Waals surface area (Å²) in [5.41, 5.74) is 2.57. The molecule has 2 heterocycles. The van der Waals surface area contributed by atoms with Gasteiger partial charge in [-0.3, -0.25) is 4.79 Å². The minimum atomic E-state index is -0.288. The number of halogens is 1. The Morgan fingerprint density at radius 3 is 2.83 bits per heavy atom. The summed E-state index contributed by atoms with van der Waals surface area (Å²) in [6.07, 6.45) is 3.42. The first-order valence-electron chi connectivity index (χ1n) is 7.05. The van der Waals surface area contributed by atoms with E-state index in [2.05, 4.69) is 15.3 Å². The Bertz CT molecular complexity index is 810. The second kappa shape index (κ2) is 6.70. The third-order valence-corrected chi connectivity index (χ3v) is 4.18. The number of benzene rings is 1. The van der Waals surface area contributed by atoms with Crippen molar-refractivity contribution in [2.24, 2.45) is 0 Å². The summed E-state index contributed by atoms with van der Waals surface area (Å²) in [4.78, 5) is 20.6. The topological polar surface area (TPSA) is 59.8 Å². The monoisotopic (exact) mass is 330 g/mol. The molecule has 3 aromatic rings. The Balaban J connectivity index is 1.56. The lowest BCUT2D eigenvalue weighted by Crippen LogP contribution is -2.26. The lowest BCUT2D eigenvalue weighted by molar-refractivity contribution is -0.121. The van der Waals surface area contributed by atoms with Crippen LogP contribution in [0.25, 0.3) is 10.7 Å². The number of nitrogens with zero attached hydrogens (tertiary/aromatic N) is 3. The fraction of sp³-hybridized carbons (Fsp3) is 0.188. The van der Waals surface area contributed by atoms with Crippen LogP contribution in [-0.4, -0.2) is 20.4 Å². The molecule has 3 rings (SSSR count). The van der Waals surface area contributed by atoms with Gasteiger partial charge in [0.2, 0.25) is 5.91 Å². The second-order valence-corrected chi connectivity index (χ2v) is 5.99. The number of aryl methyl sites for hydroxylation is 1. The van der Waals surface area contributed by atoms with Gasteiger partial charge < -0.3 is 9.88 Å². The van der Waals surface area contributed by atoms with Crippen LogP contribution in [0, 0.1) is 12.7 Å². The molecule has 1 N–H and O–H groups in total. The normalized spacial score (nSPS) is 10.7. The highest BCUT2D eigenvalue weighted by Gasteiger charge is 2.08. The molecular formula is C16H15FN4OS. The highest BCUT2D eigenvalue weighted by Crippen LogP contribution is 2.21. The van der Waals surface area contributed by atoms with E-state index < -0.39 is 0 Å². The van der Waals surface area contributed by atoms with Crippen molar-refractivity contribution >= 4 is 17.2 Å². The summed E-state index contributed by atoms with van der Waals surface area (Å²) in [5.74, 6) is -0.419. The summed E-state index contributed by atoms with van der Waals surface area (Å²) in [7, 11) is 0. The first-order valence-corrected chi connectivity index (χ1v) is 7.93. The van der Waals surface area contributed by atoms with Gasteiger partial charge in [-0.1, -0.05) is 12.1 Å². The lowest BCUT2D eigenvalue weighted by Gasteiger charge is -2.05. The third kappa shape index (κ3) is 4.01. The maximum atomic E-state index is 12.8. The highest BCUT2D eigenvalue weighted by molar-refractivity contribution is 7.13. The number of amides is 1. The summed E-state index contributed by atoms with van der Waals surface area (Å²) < 4.78 is 14.5. The van der Waals surface area contributed by atoms with E-state index in [9.17, 15) is 9.18 Å². The second-order valence-electron chi connectivity index (χ2n) is 5.13. The molecule has 0 atom stereocenters. The Labute approximate surface area is 136 Å². The number of nitrogens with one attached hydrogen (secondary N) is 1. The number of hydrogen-bond donors (Lipinski definition) is 1. The van der Waals surface area contributed by atoms with E-state index >= 15 is 0 Å². The lowest BCUT2D eigenvalue weighted by atomic mass is 10.2. The van der Waals surface area contributed by atoms with Crippen molar-refractivity contribution in [1.29, 1.82) is 0 Å². The van der Waals surface area contributed by atoms with E-state index in [-0.39, 0.29) is 18.3 Å². The first kappa shape index (κ1) is 15.4. The molecule has 1 amide bonds. The average molecular weight is 330 g/mol. The molecule has 2 aromatic heterocycles. The van der Waals surface area contributed by atoms with Gasteiger partial charge in [0.15, 0.2) is 0 Å². The van der Waals surface area contributed by atoms with Crippen molar-refractivity contribution in [3.63, 3.8) is 0 Å². The molecule has 0 unspecified atom stereocenters. The van der Waals surface area contributed by atoms with Crippen LogP contribution in [-0.2, 0) is 17.9 Å². The van der Waals surface area contributed by atoms with Crippen LogP contribution in [0.1, 0.15) is 11.3 Å². The zero-order valence-electron chi connectivity index (χ0n) is 12.5. The molecular weight excluding hydrogens is 315 g/mol. The van der Waals surface area contributed by atoms with Gasteiger partial charge in [-0.05, 0) is 24.6 Å². The molecule has 0 spiro atoms. The van der Waals surface area contributed by atoms with Crippen LogP contribution in [0.3, 0.4) is 0 Å². The Hall–Kier alpha value is -2.54. The minimum absolute atomic E-state index is 0.131. The Morgan fingerprint density at radius 2 is 2.13 bits per heavy atom. The van der Waals surface area contributed by atoms with E-state index in [4.69, 9.17) is 0 Å². The Kier molecular flexibility index (Phi) is 4.47. The first-order chi connectivity index (χ1) is 11.1. The van der Waals surface area contributed by atoms with Crippen LogP contribution in [0.4, 0.5) is 4.39 Å². The van der Waals surface area contributed by atoms with Gasteiger partial charge in [-0.2, -0.15) is 0 Å². The van der Waals surface area contributed by atoms with Gasteiger partial charge in [0.05, 0.1) is 6.33 Å². The number of hydrogen-bond acceptors (Lipinski definition) is 4. The van der Waals surface area contributed by atoms with Crippen LogP contribution >= 0.6 is 11.3 Å². The van der Waals surface area contributed by atoms with Gasteiger partial charge in [-0.15, -0.1) is 11.3 Å². The van der Waals surface area contributed by atoms with Gasteiger partial charge >= 0.3 is 0 Å². The van der Waals surface area contributed by atoms with Crippen molar-refractivity contribution in [3.8, 4) is 10.7 Å².